The van der Waals surface area contributed by atoms with Crippen molar-refractivity contribution in [3.8, 4) is 0 Å². The average molecular weight is 211 g/mol. The predicted molar refractivity (Wildman–Crippen MR) is 54.9 cm³/mol. The number of nitrogens with zero attached hydrogens (tertiary/aromatic N) is 1. The van der Waals surface area contributed by atoms with E-state index < -0.39 is 0 Å². The van der Waals surface area contributed by atoms with Crippen LogP contribution in [-0.2, 0) is 11.3 Å². The molecule has 0 saturated carbocycles. The van der Waals surface area contributed by atoms with Crippen molar-refractivity contribution in [1.29, 1.82) is 0 Å². The standard InChI is InChI=1S/C10H13NO2S/c12-7-8-4-10(13)11(5-8)6-9-2-1-3-14-9/h1-3,8,12H,4-7H2. The highest BCUT2D eigenvalue weighted by Crippen LogP contribution is 2.21. The van der Waals surface area contributed by atoms with Crippen LogP contribution < -0.4 is 0 Å². The van der Waals surface area contributed by atoms with Crippen molar-refractivity contribution in [3.63, 3.8) is 0 Å². The molecule has 0 aromatic carbocycles. The van der Waals surface area contributed by atoms with Gasteiger partial charge in [-0.15, -0.1) is 11.3 Å². The van der Waals surface area contributed by atoms with Gasteiger partial charge in [-0.3, -0.25) is 4.79 Å². The van der Waals surface area contributed by atoms with Gasteiger partial charge in [-0.2, -0.15) is 0 Å². The zero-order chi connectivity index (χ0) is 9.97. The van der Waals surface area contributed by atoms with E-state index in [9.17, 15) is 4.79 Å². The van der Waals surface area contributed by atoms with Crippen molar-refractivity contribution in [1.82, 2.24) is 4.90 Å². The molecule has 1 aliphatic rings. The molecule has 1 amide bonds. The van der Waals surface area contributed by atoms with Crippen molar-refractivity contribution >= 4 is 17.2 Å². The lowest BCUT2D eigenvalue weighted by Gasteiger charge is -2.14. The van der Waals surface area contributed by atoms with Gasteiger partial charge in [-0.05, 0) is 11.4 Å². The molecule has 1 N–H and O–H groups in total. The average Bonchev–Trinajstić information content (AvgIpc) is 2.78. The van der Waals surface area contributed by atoms with Crippen LogP contribution in [0.1, 0.15) is 11.3 Å². The molecule has 1 aromatic rings. The van der Waals surface area contributed by atoms with E-state index in [0.29, 0.717) is 19.5 Å². The number of hydrogen-bond acceptors (Lipinski definition) is 3. The van der Waals surface area contributed by atoms with Crippen LogP contribution in [0.3, 0.4) is 0 Å². The van der Waals surface area contributed by atoms with E-state index in [2.05, 4.69) is 0 Å². The molecular formula is C10H13NO2S. The Balaban J connectivity index is 1.96. The monoisotopic (exact) mass is 211 g/mol. The Morgan fingerprint density at radius 1 is 1.64 bits per heavy atom. The van der Waals surface area contributed by atoms with Crippen molar-refractivity contribution in [2.24, 2.45) is 5.92 Å². The summed E-state index contributed by atoms with van der Waals surface area (Å²) in [7, 11) is 0. The van der Waals surface area contributed by atoms with Crippen molar-refractivity contribution in [2.75, 3.05) is 13.2 Å². The molecule has 1 saturated heterocycles. The second-order valence-electron chi connectivity index (χ2n) is 3.61. The summed E-state index contributed by atoms with van der Waals surface area (Å²) < 4.78 is 0. The molecule has 0 spiro atoms. The minimum Gasteiger partial charge on any atom is -0.396 e. The lowest BCUT2D eigenvalue weighted by molar-refractivity contribution is -0.128. The van der Waals surface area contributed by atoms with E-state index in [1.54, 1.807) is 11.3 Å². The van der Waals surface area contributed by atoms with Gasteiger partial charge < -0.3 is 10.0 Å². The first-order valence-corrected chi connectivity index (χ1v) is 5.58. The second-order valence-corrected chi connectivity index (χ2v) is 4.64. The van der Waals surface area contributed by atoms with Gasteiger partial charge in [0.05, 0.1) is 6.54 Å². The van der Waals surface area contributed by atoms with Gasteiger partial charge in [0.2, 0.25) is 5.91 Å². The van der Waals surface area contributed by atoms with Crippen LogP contribution in [0.15, 0.2) is 17.5 Å². The molecule has 1 aliphatic heterocycles. The number of carbonyl (C=O) groups excluding carboxylic acids is 1. The zero-order valence-corrected chi connectivity index (χ0v) is 8.67. The number of aliphatic hydroxyl groups excluding tert-OH is 1. The van der Waals surface area contributed by atoms with Crippen LogP contribution >= 0.6 is 11.3 Å². The van der Waals surface area contributed by atoms with Crippen LogP contribution in [0.2, 0.25) is 0 Å². The normalized spacial score (nSPS) is 21.9. The van der Waals surface area contributed by atoms with Gasteiger partial charge in [0, 0.05) is 30.4 Å². The number of thiophene rings is 1. The topological polar surface area (TPSA) is 40.5 Å². The number of likely N-dealkylation sites (tertiary alicyclic amines) is 1. The van der Waals surface area contributed by atoms with E-state index in [4.69, 9.17) is 5.11 Å². The third kappa shape index (κ3) is 1.96. The van der Waals surface area contributed by atoms with Crippen molar-refractivity contribution in [3.05, 3.63) is 22.4 Å². The fraction of sp³-hybridized carbons (Fsp3) is 0.500. The van der Waals surface area contributed by atoms with E-state index in [1.807, 2.05) is 22.4 Å². The fourth-order valence-corrected chi connectivity index (χ4v) is 2.44. The van der Waals surface area contributed by atoms with Crippen LogP contribution in [0.5, 0.6) is 0 Å². The summed E-state index contributed by atoms with van der Waals surface area (Å²) in [5.74, 6) is 0.305. The second kappa shape index (κ2) is 4.11. The van der Waals surface area contributed by atoms with Crippen molar-refractivity contribution in [2.45, 2.75) is 13.0 Å². The maximum atomic E-state index is 11.5. The summed E-state index contributed by atoms with van der Waals surface area (Å²) in [5, 5.41) is 11.0. The van der Waals surface area contributed by atoms with Gasteiger partial charge in [0.1, 0.15) is 0 Å². The molecule has 1 unspecified atom stereocenters. The molecular weight excluding hydrogens is 198 g/mol. The van der Waals surface area contributed by atoms with Crippen LogP contribution in [0, 0.1) is 5.92 Å². The molecule has 1 aromatic heterocycles. The first kappa shape index (κ1) is 9.68. The molecule has 3 nitrogen and oxygen atoms in total. The number of aliphatic hydroxyl groups is 1. The summed E-state index contributed by atoms with van der Waals surface area (Å²) in [6, 6.07) is 4.02. The third-order valence-corrected chi connectivity index (χ3v) is 3.34. The molecule has 1 atom stereocenters. The molecule has 76 valence electrons. The molecule has 0 radical (unpaired) electrons. The SMILES string of the molecule is O=C1CC(CO)CN1Cc1cccs1. The number of hydrogen-bond donors (Lipinski definition) is 1. The van der Waals surface area contributed by atoms with Gasteiger partial charge in [0.25, 0.3) is 0 Å². The van der Waals surface area contributed by atoms with Gasteiger partial charge in [-0.25, -0.2) is 0 Å². The molecule has 1 fully saturated rings. The van der Waals surface area contributed by atoms with E-state index in [0.717, 1.165) is 0 Å². The van der Waals surface area contributed by atoms with E-state index >= 15 is 0 Å². The highest BCUT2D eigenvalue weighted by atomic mass is 32.1. The summed E-state index contributed by atoms with van der Waals surface area (Å²) in [4.78, 5) is 14.5. The fourth-order valence-electron chi connectivity index (χ4n) is 1.72. The summed E-state index contributed by atoms with van der Waals surface area (Å²) >= 11 is 1.66. The van der Waals surface area contributed by atoms with E-state index in [-0.39, 0.29) is 18.4 Å². The number of rotatable bonds is 3. The Kier molecular flexibility index (Phi) is 2.84. The summed E-state index contributed by atoms with van der Waals surface area (Å²) in [5.41, 5.74) is 0. The lowest BCUT2D eigenvalue weighted by atomic mass is 10.1. The Labute approximate surface area is 87.0 Å². The first-order chi connectivity index (χ1) is 6.79. The molecule has 2 heterocycles. The highest BCUT2D eigenvalue weighted by Gasteiger charge is 2.28. The molecule has 0 bridgehead atoms. The van der Waals surface area contributed by atoms with Crippen LogP contribution in [-0.4, -0.2) is 29.1 Å². The third-order valence-electron chi connectivity index (χ3n) is 2.48. The minimum absolute atomic E-state index is 0.118. The number of carbonyl (C=O) groups is 1. The smallest absolute Gasteiger partial charge is 0.223 e. The van der Waals surface area contributed by atoms with Gasteiger partial charge >= 0.3 is 0 Å². The molecule has 14 heavy (non-hydrogen) atoms. The van der Waals surface area contributed by atoms with E-state index in [1.165, 1.54) is 4.88 Å². The maximum absolute atomic E-state index is 11.5. The largest absolute Gasteiger partial charge is 0.396 e. The Bertz CT molecular complexity index is 310. The Morgan fingerprint density at radius 2 is 2.50 bits per heavy atom. The van der Waals surface area contributed by atoms with Crippen LogP contribution in [0.25, 0.3) is 0 Å². The molecule has 4 heteroatoms. The zero-order valence-electron chi connectivity index (χ0n) is 7.85. The summed E-state index contributed by atoms with van der Waals surface area (Å²) in [6.07, 6.45) is 0.502. The van der Waals surface area contributed by atoms with Gasteiger partial charge in [0.15, 0.2) is 0 Å². The molecule has 2 rings (SSSR count). The molecule has 0 aliphatic carbocycles. The maximum Gasteiger partial charge on any atom is 0.223 e. The van der Waals surface area contributed by atoms with Crippen molar-refractivity contribution < 1.29 is 9.90 Å². The quantitative estimate of drug-likeness (QED) is 0.813. The predicted octanol–water partition coefficient (Wildman–Crippen LogP) is 1.09. The Morgan fingerprint density at radius 3 is 3.07 bits per heavy atom. The highest BCUT2D eigenvalue weighted by molar-refractivity contribution is 7.09. The lowest BCUT2D eigenvalue weighted by Crippen LogP contribution is -2.24. The minimum atomic E-state index is 0.118. The Hall–Kier alpha value is -0.870. The van der Waals surface area contributed by atoms with Gasteiger partial charge in [-0.1, -0.05) is 6.07 Å². The summed E-state index contributed by atoms with van der Waals surface area (Å²) in [6.45, 7) is 1.52. The first-order valence-electron chi connectivity index (χ1n) is 4.70. The number of amides is 1. The van der Waals surface area contributed by atoms with Crippen LogP contribution in [0.4, 0.5) is 0 Å².